The number of rotatable bonds is 5. The van der Waals surface area contributed by atoms with Gasteiger partial charge in [0, 0.05) is 12.3 Å². The van der Waals surface area contributed by atoms with E-state index in [9.17, 15) is 0 Å². The van der Waals surface area contributed by atoms with Crippen molar-refractivity contribution in [3.05, 3.63) is 29.8 Å². The van der Waals surface area contributed by atoms with Crippen LogP contribution in [0.4, 0.5) is 5.69 Å². The van der Waals surface area contributed by atoms with E-state index < -0.39 is 0 Å². The fourth-order valence-electron chi connectivity index (χ4n) is 1.31. The van der Waals surface area contributed by atoms with Crippen molar-refractivity contribution in [2.45, 2.75) is 32.8 Å². The van der Waals surface area contributed by atoms with Crippen molar-refractivity contribution < 1.29 is 4.74 Å². The summed E-state index contributed by atoms with van der Waals surface area (Å²) in [7, 11) is 0. The molecule has 0 aliphatic rings. The zero-order valence-corrected chi connectivity index (χ0v) is 8.99. The van der Waals surface area contributed by atoms with Crippen molar-refractivity contribution in [1.29, 1.82) is 0 Å². The Morgan fingerprint density at radius 2 is 2.21 bits per heavy atom. The summed E-state index contributed by atoms with van der Waals surface area (Å²) in [6.45, 7) is 5.05. The molecule has 1 unspecified atom stereocenters. The van der Waals surface area contributed by atoms with Crippen LogP contribution in [0.25, 0.3) is 0 Å². The second-order valence-electron chi connectivity index (χ2n) is 3.54. The Hall–Kier alpha value is -1.02. The van der Waals surface area contributed by atoms with Gasteiger partial charge in [-0.2, -0.15) is 0 Å². The first-order valence-corrected chi connectivity index (χ1v) is 5.21. The molecule has 0 aromatic heterocycles. The van der Waals surface area contributed by atoms with Gasteiger partial charge in [-0.3, -0.25) is 0 Å². The molecule has 0 aliphatic heterocycles. The monoisotopic (exact) mass is 193 g/mol. The maximum Gasteiger partial charge on any atom is 0.0797 e. The maximum atomic E-state index is 5.70. The minimum atomic E-state index is 0.144. The van der Waals surface area contributed by atoms with Crippen LogP contribution in [0.3, 0.4) is 0 Å². The third-order valence-corrected chi connectivity index (χ3v) is 2.25. The summed E-state index contributed by atoms with van der Waals surface area (Å²) in [6.07, 6.45) is 2.43. The minimum absolute atomic E-state index is 0.144. The van der Waals surface area contributed by atoms with E-state index in [-0.39, 0.29) is 6.10 Å². The molecule has 2 heteroatoms. The van der Waals surface area contributed by atoms with Gasteiger partial charge >= 0.3 is 0 Å². The molecule has 0 bridgehead atoms. The quantitative estimate of drug-likeness (QED) is 0.576. The lowest BCUT2D eigenvalue weighted by atomic mass is 10.1. The lowest BCUT2D eigenvalue weighted by Crippen LogP contribution is -2.02. The van der Waals surface area contributed by atoms with Crippen LogP contribution in [0.1, 0.15) is 38.4 Å². The van der Waals surface area contributed by atoms with Gasteiger partial charge in [-0.1, -0.05) is 25.5 Å². The molecule has 1 atom stereocenters. The van der Waals surface area contributed by atoms with Crippen LogP contribution < -0.4 is 5.73 Å². The molecule has 0 aliphatic carbocycles. The second kappa shape index (κ2) is 5.66. The average Bonchev–Trinajstić information content (AvgIpc) is 2.18. The van der Waals surface area contributed by atoms with Crippen LogP contribution in [-0.2, 0) is 4.74 Å². The van der Waals surface area contributed by atoms with Gasteiger partial charge in [0.2, 0.25) is 0 Å². The molecule has 0 spiro atoms. The average molecular weight is 193 g/mol. The van der Waals surface area contributed by atoms with Crippen LogP contribution in [0.5, 0.6) is 0 Å². The molecule has 78 valence electrons. The molecule has 1 aromatic carbocycles. The molecule has 1 rings (SSSR count). The van der Waals surface area contributed by atoms with Crippen molar-refractivity contribution in [1.82, 2.24) is 0 Å². The summed E-state index contributed by atoms with van der Waals surface area (Å²) in [4.78, 5) is 0. The summed E-state index contributed by atoms with van der Waals surface area (Å²) in [5, 5.41) is 0. The third kappa shape index (κ3) is 3.38. The number of hydrogen-bond donors (Lipinski definition) is 1. The lowest BCUT2D eigenvalue weighted by Gasteiger charge is -2.13. The van der Waals surface area contributed by atoms with Gasteiger partial charge in [-0.15, -0.1) is 0 Å². The highest BCUT2D eigenvalue weighted by molar-refractivity contribution is 5.41. The number of anilines is 1. The number of nitrogens with two attached hydrogens (primary N) is 1. The van der Waals surface area contributed by atoms with Crippen molar-refractivity contribution in [3.63, 3.8) is 0 Å². The van der Waals surface area contributed by atoms with Crippen LogP contribution in [0.15, 0.2) is 24.3 Å². The first-order valence-electron chi connectivity index (χ1n) is 5.21. The standard InChI is InChI=1S/C12H19NO/c1-3-4-8-14-10(2)11-6-5-7-12(13)9-11/h5-7,9-10H,3-4,8,13H2,1-2H3. The summed E-state index contributed by atoms with van der Waals surface area (Å²) in [5.74, 6) is 0. The zero-order chi connectivity index (χ0) is 10.4. The third-order valence-electron chi connectivity index (χ3n) is 2.25. The van der Waals surface area contributed by atoms with Gasteiger partial charge in [0.05, 0.1) is 6.10 Å². The van der Waals surface area contributed by atoms with Crippen molar-refractivity contribution in [3.8, 4) is 0 Å². The Bertz CT molecular complexity index is 273. The molecule has 0 saturated heterocycles. The SMILES string of the molecule is CCCCOC(C)c1cccc(N)c1. The number of benzene rings is 1. The molecular formula is C12H19NO. The normalized spacial score (nSPS) is 12.7. The van der Waals surface area contributed by atoms with Crippen LogP contribution >= 0.6 is 0 Å². The van der Waals surface area contributed by atoms with Crippen molar-refractivity contribution >= 4 is 5.69 Å². The maximum absolute atomic E-state index is 5.70. The molecule has 0 heterocycles. The van der Waals surface area contributed by atoms with Gasteiger partial charge in [0.15, 0.2) is 0 Å². The largest absolute Gasteiger partial charge is 0.399 e. The van der Waals surface area contributed by atoms with E-state index in [1.807, 2.05) is 24.3 Å². The number of ether oxygens (including phenoxy) is 1. The Kier molecular flexibility index (Phi) is 4.47. The van der Waals surface area contributed by atoms with Crippen LogP contribution in [0, 0.1) is 0 Å². The molecular weight excluding hydrogens is 174 g/mol. The molecule has 1 aromatic rings. The fourth-order valence-corrected chi connectivity index (χ4v) is 1.31. The Labute approximate surface area is 86.1 Å². The summed E-state index contributed by atoms with van der Waals surface area (Å²) in [6, 6.07) is 7.87. The second-order valence-corrected chi connectivity index (χ2v) is 3.54. The lowest BCUT2D eigenvalue weighted by molar-refractivity contribution is 0.0637. The number of unbranched alkanes of at least 4 members (excludes halogenated alkanes) is 1. The molecule has 14 heavy (non-hydrogen) atoms. The molecule has 2 nitrogen and oxygen atoms in total. The molecule has 0 amide bonds. The highest BCUT2D eigenvalue weighted by Crippen LogP contribution is 2.18. The topological polar surface area (TPSA) is 35.2 Å². The summed E-state index contributed by atoms with van der Waals surface area (Å²) < 4.78 is 5.67. The van der Waals surface area contributed by atoms with Crippen molar-refractivity contribution in [2.75, 3.05) is 12.3 Å². The van der Waals surface area contributed by atoms with Crippen LogP contribution in [0.2, 0.25) is 0 Å². The predicted molar refractivity (Wildman–Crippen MR) is 60.1 cm³/mol. The van der Waals surface area contributed by atoms with Gasteiger partial charge in [-0.05, 0) is 31.0 Å². The number of nitrogen functional groups attached to an aromatic ring is 1. The van der Waals surface area contributed by atoms with Gasteiger partial charge in [-0.25, -0.2) is 0 Å². The van der Waals surface area contributed by atoms with Gasteiger partial charge < -0.3 is 10.5 Å². The minimum Gasteiger partial charge on any atom is -0.399 e. The molecule has 0 radical (unpaired) electrons. The molecule has 0 saturated carbocycles. The smallest absolute Gasteiger partial charge is 0.0797 e. The Morgan fingerprint density at radius 1 is 1.43 bits per heavy atom. The zero-order valence-electron chi connectivity index (χ0n) is 8.99. The van der Waals surface area contributed by atoms with E-state index in [0.29, 0.717) is 0 Å². The summed E-state index contributed by atoms with van der Waals surface area (Å²) in [5.41, 5.74) is 7.65. The molecule has 0 fully saturated rings. The van der Waals surface area contributed by atoms with E-state index >= 15 is 0 Å². The summed E-state index contributed by atoms with van der Waals surface area (Å²) >= 11 is 0. The Morgan fingerprint density at radius 3 is 2.86 bits per heavy atom. The highest BCUT2D eigenvalue weighted by atomic mass is 16.5. The predicted octanol–water partition coefficient (Wildman–Crippen LogP) is 3.15. The van der Waals surface area contributed by atoms with Crippen LogP contribution in [-0.4, -0.2) is 6.61 Å². The highest BCUT2D eigenvalue weighted by Gasteiger charge is 2.04. The first kappa shape index (κ1) is 11.1. The van der Waals surface area contributed by atoms with Crippen molar-refractivity contribution in [2.24, 2.45) is 0 Å². The van der Waals surface area contributed by atoms with E-state index in [0.717, 1.165) is 24.3 Å². The van der Waals surface area contributed by atoms with Gasteiger partial charge in [0.1, 0.15) is 0 Å². The van der Waals surface area contributed by atoms with E-state index in [1.54, 1.807) is 0 Å². The fraction of sp³-hybridized carbons (Fsp3) is 0.500. The van der Waals surface area contributed by atoms with Gasteiger partial charge in [0.25, 0.3) is 0 Å². The first-order chi connectivity index (χ1) is 6.74. The molecule has 2 N–H and O–H groups in total. The van der Waals surface area contributed by atoms with E-state index in [1.165, 1.54) is 6.42 Å². The van der Waals surface area contributed by atoms with E-state index in [2.05, 4.69) is 13.8 Å². The van der Waals surface area contributed by atoms with E-state index in [4.69, 9.17) is 10.5 Å². The Balaban J connectivity index is 2.47. The number of hydrogen-bond acceptors (Lipinski definition) is 2.